The Morgan fingerprint density at radius 2 is 2.10 bits per heavy atom. The molecular weight excluding hydrogens is 128 g/mol. The third kappa shape index (κ3) is 5.37. The molecule has 0 aliphatic heterocycles. The van der Waals surface area contributed by atoms with Crippen molar-refractivity contribution in [2.75, 3.05) is 26.7 Å². The molecule has 0 fully saturated rings. The Morgan fingerprint density at radius 3 is 2.50 bits per heavy atom. The number of nitrogens with two attached hydrogens (primary N) is 2. The normalized spacial score (nSPS) is 9.90. The van der Waals surface area contributed by atoms with Crippen molar-refractivity contribution in [1.29, 1.82) is 0 Å². The fraction of sp³-hybridized carbons (Fsp3) is 0.833. The monoisotopic (exact) mass is 144 g/mol. The molecule has 4 N–H and O–H groups in total. The molecule has 0 aromatic heterocycles. The zero-order valence-electron chi connectivity index (χ0n) is 6.67. The predicted molar refractivity (Wildman–Crippen MR) is 43.8 cm³/mol. The standard InChI is InChI=1S/C6H16N4/c1-3-10(2)5-4-9-6(7)8/h3-5H2,1-2H3,(H4,7,8,9). The van der Waals surface area contributed by atoms with Crippen molar-refractivity contribution in [1.82, 2.24) is 4.90 Å². The van der Waals surface area contributed by atoms with E-state index in [0.717, 1.165) is 13.1 Å². The van der Waals surface area contributed by atoms with Gasteiger partial charge in [0.15, 0.2) is 5.96 Å². The van der Waals surface area contributed by atoms with Gasteiger partial charge in [-0.2, -0.15) is 0 Å². The Balaban J connectivity index is 3.28. The lowest BCUT2D eigenvalue weighted by molar-refractivity contribution is 0.363. The molecule has 0 saturated carbocycles. The maximum absolute atomic E-state index is 5.13. The van der Waals surface area contributed by atoms with Gasteiger partial charge in [0, 0.05) is 6.54 Å². The summed E-state index contributed by atoms with van der Waals surface area (Å²) in [5.41, 5.74) is 10.3. The molecule has 0 aliphatic rings. The smallest absolute Gasteiger partial charge is 0.185 e. The topological polar surface area (TPSA) is 67.6 Å². The van der Waals surface area contributed by atoms with Crippen LogP contribution in [0.1, 0.15) is 6.92 Å². The summed E-state index contributed by atoms with van der Waals surface area (Å²) in [6.07, 6.45) is 0. The molecule has 60 valence electrons. The van der Waals surface area contributed by atoms with Crippen LogP contribution in [0, 0.1) is 0 Å². The zero-order valence-corrected chi connectivity index (χ0v) is 6.67. The van der Waals surface area contributed by atoms with Crippen LogP contribution < -0.4 is 11.5 Å². The zero-order chi connectivity index (χ0) is 7.98. The Hall–Kier alpha value is -0.770. The Bertz CT molecular complexity index is 106. The van der Waals surface area contributed by atoms with Gasteiger partial charge in [0.05, 0.1) is 6.54 Å². The van der Waals surface area contributed by atoms with Gasteiger partial charge in [-0.1, -0.05) is 6.92 Å². The molecule has 0 heterocycles. The second-order valence-electron chi connectivity index (χ2n) is 2.20. The summed E-state index contributed by atoms with van der Waals surface area (Å²) in [4.78, 5) is 5.99. The van der Waals surface area contributed by atoms with Crippen molar-refractivity contribution in [3.63, 3.8) is 0 Å². The number of likely N-dealkylation sites (N-methyl/N-ethyl adjacent to an activating group) is 1. The highest BCUT2D eigenvalue weighted by Gasteiger charge is 1.90. The maximum atomic E-state index is 5.13. The second-order valence-corrected chi connectivity index (χ2v) is 2.20. The summed E-state index contributed by atoms with van der Waals surface area (Å²) in [5, 5.41) is 0. The van der Waals surface area contributed by atoms with Crippen molar-refractivity contribution < 1.29 is 0 Å². The van der Waals surface area contributed by atoms with Gasteiger partial charge < -0.3 is 16.4 Å². The minimum absolute atomic E-state index is 0.171. The van der Waals surface area contributed by atoms with Crippen LogP contribution in [0.2, 0.25) is 0 Å². The van der Waals surface area contributed by atoms with E-state index in [1.54, 1.807) is 0 Å². The number of aliphatic imine (C=N–C) groups is 1. The summed E-state index contributed by atoms with van der Waals surface area (Å²) < 4.78 is 0. The molecule has 0 aliphatic carbocycles. The van der Waals surface area contributed by atoms with Crippen LogP contribution in [0.15, 0.2) is 4.99 Å². The lowest BCUT2D eigenvalue weighted by atomic mass is 10.5. The second kappa shape index (κ2) is 5.05. The average Bonchev–Trinajstić information content (AvgIpc) is 1.87. The Labute approximate surface area is 61.9 Å². The van der Waals surface area contributed by atoms with Crippen LogP contribution in [-0.4, -0.2) is 37.5 Å². The maximum Gasteiger partial charge on any atom is 0.185 e. The molecule has 10 heavy (non-hydrogen) atoms. The molecule has 0 bridgehead atoms. The fourth-order valence-corrected chi connectivity index (χ4v) is 0.508. The number of hydrogen-bond donors (Lipinski definition) is 2. The number of nitrogens with zero attached hydrogens (tertiary/aromatic N) is 2. The van der Waals surface area contributed by atoms with Crippen LogP contribution >= 0.6 is 0 Å². The molecule has 0 atom stereocenters. The van der Waals surface area contributed by atoms with E-state index >= 15 is 0 Å². The summed E-state index contributed by atoms with van der Waals surface area (Å²) in [6, 6.07) is 0. The van der Waals surface area contributed by atoms with Crippen LogP contribution in [0.25, 0.3) is 0 Å². The van der Waals surface area contributed by atoms with E-state index in [4.69, 9.17) is 11.5 Å². The van der Waals surface area contributed by atoms with E-state index in [-0.39, 0.29) is 5.96 Å². The van der Waals surface area contributed by atoms with Crippen LogP contribution in [-0.2, 0) is 0 Å². The average molecular weight is 144 g/mol. The minimum atomic E-state index is 0.171. The van der Waals surface area contributed by atoms with Gasteiger partial charge in [0.2, 0.25) is 0 Å². The number of guanidine groups is 1. The van der Waals surface area contributed by atoms with Gasteiger partial charge >= 0.3 is 0 Å². The molecule has 0 unspecified atom stereocenters. The minimum Gasteiger partial charge on any atom is -0.370 e. The summed E-state index contributed by atoms with van der Waals surface area (Å²) in [5.74, 6) is 0.171. The molecule has 4 nitrogen and oxygen atoms in total. The molecular formula is C6H16N4. The van der Waals surface area contributed by atoms with Gasteiger partial charge in [-0.3, -0.25) is 4.99 Å². The van der Waals surface area contributed by atoms with E-state index in [1.807, 2.05) is 7.05 Å². The molecule has 0 spiro atoms. The lowest BCUT2D eigenvalue weighted by Crippen LogP contribution is -2.26. The van der Waals surface area contributed by atoms with Crippen molar-refractivity contribution >= 4 is 5.96 Å². The predicted octanol–water partition coefficient (Wildman–Crippen LogP) is -0.788. The Morgan fingerprint density at radius 1 is 1.50 bits per heavy atom. The molecule has 0 aromatic carbocycles. The molecule has 0 saturated heterocycles. The SMILES string of the molecule is CCN(C)CCN=C(N)N. The molecule has 4 heteroatoms. The number of hydrogen-bond acceptors (Lipinski definition) is 2. The van der Waals surface area contributed by atoms with E-state index in [2.05, 4.69) is 16.8 Å². The van der Waals surface area contributed by atoms with Gasteiger partial charge in [0.25, 0.3) is 0 Å². The third-order valence-electron chi connectivity index (χ3n) is 1.32. The van der Waals surface area contributed by atoms with Crippen molar-refractivity contribution in [3.05, 3.63) is 0 Å². The molecule has 0 rings (SSSR count). The van der Waals surface area contributed by atoms with Crippen molar-refractivity contribution in [3.8, 4) is 0 Å². The van der Waals surface area contributed by atoms with Crippen LogP contribution in [0.5, 0.6) is 0 Å². The highest BCUT2D eigenvalue weighted by Crippen LogP contribution is 1.79. The highest BCUT2D eigenvalue weighted by atomic mass is 15.1. The van der Waals surface area contributed by atoms with E-state index in [1.165, 1.54) is 0 Å². The van der Waals surface area contributed by atoms with E-state index < -0.39 is 0 Å². The van der Waals surface area contributed by atoms with Crippen LogP contribution in [0.4, 0.5) is 0 Å². The first-order valence-corrected chi connectivity index (χ1v) is 3.40. The van der Waals surface area contributed by atoms with Gasteiger partial charge in [-0.15, -0.1) is 0 Å². The van der Waals surface area contributed by atoms with Gasteiger partial charge in [-0.25, -0.2) is 0 Å². The van der Waals surface area contributed by atoms with Crippen molar-refractivity contribution in [2.45, 2.75) is 6.92 Å². The van der Waals surface area contributed by atoms with Gasteiger partial charge in [0.1, 0.15) is 0 Å². The van der Waals surface area contributed by atoms with E-state index in [9.17, 15) is 0 Å². The quantitative estimate of drug-likeness (QED) is 0.401. The first-order valence-electron chi connectivity index (χ1n) is 3.40. The van der Waals surface area contributed by atoms with Crippen molar-refractivity contribution in [2.24, 2.45) is 16.5 Å². The molecule has 0 aromatic rings. The Kier molecular flexibility index (Phi) is 4.66. The number of rotatable bonds is 4. The lowest BCUT2D eigenvalue weighted by Gasteiger charge is -2.10. The summed E-state index contributed by atoms with van der Waals surface area (Å²) >= 11 is 0. The van der Waals surface area contributed by atoms with Gasteiger partial charge in [-0.05, 0) is 13.6 Å². The van der Waals surface area contributed by atoms with E-state index in [0.29, 0.717) is 6.54 Å². The highest BCUT2D eigenvalue weighted by molar-refractivity contribution is 5.75. The first kappa shape index (κ1) is 9.23. The fourth-order valence-electron chi connectivity index (χ4n) is 0.508. The largest absolute Gasteiger partial charge is 0.370 e. The first-order chi connectivity index (χ1) is 4.66. The molecule has 0 amide bonds. The molecule has 0 radical (unpaired) electrons. The van der Waals surface area contributed by atoms with Crippen LogP contribution in [0.3, 0.4) is 0 Å². The summed E-state index contributed by atoms with van der Waals surface area (Å²) in [7, 11) is 2.03. The third-order valence-corrected chi connectivity index (χ3v) is 1.32. The summed E-state index contributed by atoms with van der Waals surface area (Å²) in [6.45, 7) is 4.72.